The molecule has 1 atom stereocenters. The monoisotopic (exact) mass is 340 g/mol. The number of hydrogen-bond donors (Lipinski definition) is 1. The third kappa shape index (κ3) is 2.37. The van der Waals surface area contributed by atoms with Crippen molar-refractivity contribution >= 4 is 16.6 Å². The number of hydrogen-bond acceptors (Lipinski definition) is 3. The molecule has 4 heteroatoms. The van der Waals surface area contributed by atoms with Crippen molar-refractivity contribution in [2.45, 2.75) is 19.4 Å². The number of pyridine rings is 1. The summed E-state index contributed by atoms with van der Waals surface area (Å²) in [5, 5.41) is 8.39. The van der Waals surface area contributed by atoms with E-state index in [4.69, 9.17) is 4.98 Å². The number of rotatable bonds is 2. The van der Waals surface area contributed by atoms with Crippen LogP contribution < -0.4 is 4.90 Å². The molecule has 26 heavy (non-hydrogen) atoms. The minimum Gasteiger partial charge on any atom is -0.359 e. The summed E-state index contributed by atoms with van der Waals surface area (Å²) in [6.45, 7) is 3.01. The fourth-order valence-electron chi connectivity index (χ4n) is 4.09. The van der Waals surface area contributed by atoms with E-state index in [1.165, 1.54) is 27.8 Å². The Kier molecular flexibility index (Phi) is 3.49. The number of aromatic nitrogens is 3. The molecule has 1 unspecified atom stereocenters. The fraction of sp³-hybridized carbons (Fsp3) is 0.182. The summed E-state index contributed by atoms with van der Waals surface area (Å²) >= 11 is 0. The highest BCUT2D eigenvalue weighted by Crippen LogP contribution is 2.40. The van der Waals surface area contributed by atoms with Gasteiger partial charge in [0.15, 0.2) is 0 Å². The molecule has 0 saturated heterocycles. The van der Waals surface area contributed by atoms with E-state index < -0.39 is 0 Å². The first-order valence-corrected chi connectivity index (χ1v) is 9.01. The lowest BCUT2D eigenvalue weighted by Gasteiger charge is -2.39. The minimum absolute atomic E-state index is 0.158. The first-order valence-electron chi connectivity index (χ1n) is 9.01. The maximum atomic E-state index is 4.72. The quantitative estimate of drug-likeness (QED) is 0.587. The van der Waals surface area contributed by atoms with Crippen LogP contribution >= 0.6 is 0 Å². The minimum atomic E-state index is 0.158. The molecular formula is C22H20N4. The Morgan fingerprint density at radius 1 is 1.04 bits per heavy atom. The molecule has 0 saturated carbocycles. The third-order valence-corrected chi connectivity index (χ3v) is 5.28. The summed E-state index contributed by atoms with van der Waals surface area (Å²) in [7, 11) is 0. The highest BCUT2D eigenvalue weighted by atomic mass is 15.2. The van der Waals surface area contributed by atoms with Crippen molar-refractivity contribution in [3.05, 3.63) is 89.4 Å². The second kappa shape index (κ2) is 5.99. The van der Waals surface area contributed by atoms with E-state index in [1.807, 2.05) is 19.3 Å². The van der Waals surface area contributed by atoms with Gasteiger partial charge in [0.1, 0.15) is 0 Å². The average molecular weight is 340 g/mol. The van der Waals surface area contributed by atoms with Crippen LogP contribution in [0.5, 0.6) is 0 Å². The summed E-state index contributed by atoms with van der Waals surface area (Å²) in [6.07, 6.45) is 4.99. The van der Waals surface area contributed by atoms with E-state index in [0.29, 0.717) is 0 Å². The van der Waals surface area contributed by atoms with Crippen molar-refractivity contribution in [3.63, 3.8) is 0 Å². The van der Waals surface area contributed by atoms with Gasteiger partial charge in [-0.3, -0.25) is 10.1 Å². The molecule has 128 valence electrons. The van der Waals surface area contributed by atoms with E-state index in [1.54, 1.807) is 0 Å². The Bertz CT molecular complexity index is 1070. The summed E-state index contributed by atoms with van der Waals surface area (Å²) in [6, 6.07) is 19.6. The van der Waals surface area contributed by atoms with Crippen LogP contribution in [0.4, 0.5) is 5.69 Å². The maximum absolute atomic E-state index is 4.72. The van der Waals surface area contributed by atoms with Crippen LogP contribution in [0, 0.1) is 6.92 Å². The Labute approximate surface area is 152 Å². The van der Waals surface area contributed by atoms with Crippen molar-refractivity contribution in [3.8, 4) is 0 Å². The van der Waals surface area contributed by atoms with E-state index in [0.717, 1.165) is 24.2 Å². The molecule has 0 amide bonds. The molecule has 1 N–H and O–H groups in total. The van der Waals surface area contributed by atoms with E-state index >= 15 is 0 Å². The SMILES string of the molecule is Cc1ccc2c(N3CCc4ccccc4C3c3cn[nH]c3)cccc2n1. The van der Waals surface area contributed by atoms with Crippen molar-refractivity contribution in [2.24, 2.45) is 0 Å². The predicted molar refractivity (Wildman–Crippen MR) is 104 cm³/mol. The average Bonchev–Trinajstić information content (AvgIpc) is 3.20. The van der Waals surface area contributed by atoms with Gasteiger partial charge < -0.3 is 4.90 Å². The van der Waals surface area contributed by atoms with E-state index in [-0.39, 0.29) is 6.04 Å². The van der Waals surface area contributed by atoms with E-state index in [2.05, 4.69) is 69.7 Å². The highest BCUT2D eigenvalue weighted by Gasteiger charge is 2.30. The van der Waals surface area contributed by atoms with Crippen LogP contribution in [0.25, 0.3) is 10.9 Å². The lowest BCUT2D eigenvalue weighted by atomic mass is 9.88. The third-order valence-electron chi connectivity index (χ3n) is 5.28. The molecule has 1 aliphatic heterocycles. The molecule has 3 heterocycles. The molecule has 0 radical (unpaired) electrons. The second-order valence-corrected chi connectivity index (χ2v) is 6.87. The summed E-state index contributed by atoms with van der Waals surface area (Å²) < 4.78 is 0. The number of benzene rings is 2. The molecule has 5 rings (SSSR count). The van der Waals surface area contributed by atoms with Gasteiger partial charge >= 0.3 is 0 Å². The van der Waals surface area contributed by atoms with Gasteiger partial charge in [0, 0.05) is 35.1 Å². The molecule has 0 aliphatic carbocycles. The van der Waals surface area contributed by atoms with Gasteiger partial charge in [-0.05, 0) is 48.7 Å². The zero-order valence-electron chi connectivity index (χ0n) is 14.7. The Balaban J connectivity index is 1.71. The second-order valence-electron chi connectivity index (χ2n) is 6.87. The summed E-state index contributed by atoms with van der Waals surface area (Å²) in [5.74, 6) is 0. The van der Waals surface area contributed by atoms with Gasteiger partial charge in [-0.15, -0.1) is 0 Å². The zero-order valence-corrected chi connectivity index (χ0v) is 14.7. The van der Waals surface area contributed by atoms with Crippen molar-refractivity contribution in [2.75, 3.05) is 11.4 Å². The maximum Gasteiger partial charge on any atom is 0.0829 e. The highest BCUT2D eigenvalue weighted by molar-refractivity contribution is 5.92. The molecule has 0 fully saturated rings. The van der Waals surface area contributed by atoms with Crippen LogP contribution in [0.1, 0.15) is 28.4 Å². The molecule has 4 nitrogen and oxygen atoms in total. The molecule has 0 bridgehead atoms. The van der Waals surface area contributed by atoms with Crippen molar-refractivity contribution in [1.29, 1.82) is 0 Å². The number of H-pyrrole nitrogens is 1. The standard InChI is InChI=1S/C22H20N4/c1-15-9-10-19-20(25-15)7-4-8-21(19)26-12-11-16-5-2-3-6-18(16)22(26)17-13-23-24-14-17/h2-10,13-14,22H,11-12H2,1H3,(H,23,24). The van der Waals surface area contributed by atoms with Gasteiger partial charge in [-0.2, -0.15) is 5.10 Å². The molecule has 0 spiro atoms. The van der Waals surface area contributed by atoms with Crippen LogP contribution in [-0.4, -0.2) is 21.7 Å². The normalized spacial score (nSPS) is 16.7. The van der Waals surface area contributed by atoms with Crippen LogP contribution in [0.15, 0.2) is 67.0 Å². The molecule has 1 aliphatic rings. The number of nitrogens with zero attached hydrogens (tertiary/aromatic N) is 3. The van der Waals surface area contributed by atoms with Gasteiger partial charge in [0.05, 0.1) is 17.8 Å². The van der Waals surface area contributed by atoms with Gasteiger partial charge in [0.25, 0.3) is 0 Å². The molecular weight excluding hydrogens is 320 g/mol. The number of nitrogens with one attached hydrogen (secondary N) is 1. The summed E-state index contributed by atoms with van der Waals surface area (Å²) in [4.78, 5) is 7.21. The number of fused-ring (bicyclic) bond motifs is 2. The largest absolute Gasteiger partial charge is 0.359 e. The number of aromatic amines is 1. The Morgan fingerprint density at radius 2 is 1.96 bits per heavy atom. The summed E-state index contributed by atoms with van der Waals surface area (Å²) in [5.41, 5.74) is 7.30. The molecule has 2 aromatic heterocycles. The van der Waals surface area contributed by atoms with Crippen molar-refractivity contribution < 1.29 is 0 Å². The molecule has 2 aromatic carbocycles. The van der Waals surface area contributed by atoms with Gasteiger partial charge in [-0.25, -0.2) is 0 Å². The predicted octanol–water partition coefficient (Wildman–Crippen LogP) is 4.42. The first kappa shape index (κ1) is 15.1. The lowest BCUT2D eigenvalue weighted by Crippen LogP contribution is -2.36. The van der Waals surface area contributed by atoms with E-state index in [9.17, 15) is 0 Å². The molecule has 4 aromatic rings. The Morgan fingerprint density at radius 3 is 2.85 bits per heavy atom. The Hall–Kier alpha value is -3.14. The fourth-order valence-corrected chi connectivity index (χ4v) is 4.09. The van der Waals surface area contributed by atoms with Crippen molar-refractivity contribution in [1.82, 2.24) is 15.2 Å². The number of aryl methyl sites for hydroxylation is 1. The van der Waals surface area contributed by atoms with Crippen LogP contribution in [0.3, 0.4) is 0 Å². The smallest absolute Gasteiger partial charge is 0.0829 e. The van der Waals surface area contributed by atoms with Crippen LogP contribution in [-0.2, 0) is 6.42 Å². The first-order chi connectivity index (χ1) is 12.8. The van der Waals surface area contributed by atoms with Gasteiger partial charge in [-0.1, -0.05) is 30.3 Å². The lowest BCUT2D eigenvalue weighted by molar-refractivity contribution is 0.655. The topological polar surface area (TPSA) is 44.8 Å². The zero-order chi connectivity index (χ0) is 17.5. The van der Waals surface area contributed by atoms with Gasteiger partial charge in [0.2, 0.25) is 0 Å². The van der Waals surface area contributed by atoms with Crippen LogP contribution in [0.2, 0.25) is 0 Å². The number of anilines is 1.